The van der Waals surface area contributed by atoms with Gasteiger partial charge in [-0.25, -0.2) is 4.39 Å². The molecule has 1 aromatic carbocycles. The van der Waals surface area contributed by atoms with Crippen LogP contribution in [-0.2, 0) is 4.79 Å². The number of benzene rings is 1. The van der Waals surface area contributed by atoms with Crippen LogP contribution in [0.25, 0.3) is 0 Å². The van der Waals surface area contributed by atoms with Gasteiger partial charge in [0.25, 0.3) is 5.91 Å². The molecule has 1 rings (SSSR count). The van der Waals surface area contributed by atoms with E-state index in [9.17, 15) is 9.18 Å². The van der Waals surface area contributed by atoms with Crippen LogP contribution in [0.5, 0.6) is 5.75 Å². The van der Waals surface area contributed by atoms with Gasteiger partial charge in [-0.3, -0.25) is 4.79 Å². The van der Waals surface area contributed by atoms with Gasteiger partial charge in [-0.15, -0.1) is 0 Å². The Morgan fingerprint density at radius 1 is 1.43 bits per heavy atom. The maximum Gasteiger partial charge on any atom is 0.260 e. The first-order valence-corrected chi connectivity index (χ1v) is 6.78. The summed E-state index contributed by atoms with van der Waals surface area (Å²) >= 11 is 0. The summed E-state index contributed by atoms with van der Waals surface area (Å²) in [4.78, 5) is 11.9. The smallest absolute Gasteiger partial charge is 0.260 e. The van der Waals surface area contributed by atoms with E-state index in [1.165, 1.54) is 25.1 Å². The third-order valence-corrected chi connectivity index (χ3v) is 2.84. The molecule has 0 heterocycles. The molecule has 0 fully saturated rings. The minimum Gasteiger partial charge on any atom is -0.480 e. The van der Waals surface area contributed by atoms with Crippen molar-refractivity contribution >= 4 is 11.6 Å². The fourth-order valence-electron chi connectivity index (χ4n) is 1.63. The van der Waals surface area contributed by atoms with E-state index < -0.39 is 11.9 Å². The zero-order valence-corrected chi connectivity index (χ0v) is 12.7. The fourth-order valence-corrected chi connectivity index (χ4v) is 1.63. The zero-order valence-electron chi connectivity index (χ0n) is 12.7. The highest BCUT2D eigenvalue weighted by atomic mass is 19.1. The minimum atomic E-state index is -0.737. The summed E-state index contributed by atoms with van der Waals surface area (Å²) in [6, 6.07) is 3.83. The van der Waals surface area contributed by atoms with Gasteiger partial charge in [0.15, 0.2) is 6.10 Å². The monoisotopic (exact) mass is 296 g/mol. The first-order valence-electron chi connectivity index (χ1n) is 6.78. The van der Waals surface area contributed by atoms with Gasteiger partial charge in [0.1, 0.15) is 11.6 Å². The summed E-state index contributed by atoms with van der Waals surface area (Å²) in [7, 11) is 0. The summed E-state index contributed by atoms with van der Waals surface area (Å²) < 4.78 is 18.8. The lowest BCUT2D eigenvalue weighted by Gasteiger charge is -2.17. The number of nitrogens with one attached hydrogen (secondary N) is 1. The second-order valence-corrected chi connectivity index (χ2v) is 5.22. The van der Waals surface area contributed by atoms with Crippen molar-refractivity contribution in [3.63, 3.8) is 0 Å². The quantitative estimate of drug-likeness (QED) is 0.481. The average molecular weight is 296 g/mol. The van der Waals surface area contributed by atoms with E-state index in [0.29, 0.717) is 23.8 Å². The Kier molecular flexibility index (Phi) is 6.14. The maximum atomic E-state index is 13.3. The SMILES string of the molecule is C/C(=N\O)c1cc(F)ccc1OC(C)C(=O)NCC(C)C. The van der Waals surface area contributed by atoms with E-state index in [-0.39, 0.29) is 11.6 Å². The number of ether oxygens (including phenoxy) is 1. The number of hydrogen-bond acceptors (Lipinski definition) is 4. The van der Waals surface area contributed by atoms with E-state index in [2.05, 4.69) is 10.5 Å². The van der Waals surface area contributed by atoms with Crippen LogP contribution in [0.3, 0.4) is 0 Å². The second-order valence-electron chi connectivity index (χ2n) is 5.22. The van der Waals surface area contributed by atoms with Crippen LogP contribution in [0.1, 0.15) is 33.3 Å². The van der Waals surface area contributed by atoms with E-state index in [1.807, 2.05) is 13.8 Å². The van der Waals surface area contributed by atoms with Crippen molar-refractivity contribution in [1.29, 1.82) is 0 Å². The van der Waals surface area contributed by atoms with Crippen molar-refractivity contribution in [2.45, 2.75) is 33.8 Å². The average Bonchev–Trinajstić information content (AvgIpc) is 2.45. The molecular weight excluding hydrogens is 275 g/mol. The highest BCUT2D eigenvalue weighted by molar-refractivity contribution is 6.00. The van der Waals surface area contributed by atoms with E-state index in [4.69, 9.17) is 9.94 Å². The topological polar surface area (TPSA) is 70.9 Å². The Morgan fingerprint density at radius 3 is 2.67 bits per heavy atom. The molecule has 116 valence electrons. The third-order valence-electron chi connectivity index (χ3n) is 2.84. The van der Waals surface area contributed by atoms with Gasteiger partial charge in [-0.1, -0.05) is 19.0 Å². The molecule has 0 saturated carbocycles. The lowest BCUT2D eigenvalue weighted by Crippen LogP contribution is -2.38. The highest BCUT2D eigenvalue weighted by Gasteiger charge is 2.17. The largest absolute Gasteiger partial charge is 0.480 e. The van der Waals surface area contributed by atoms with Gasteiger partial charge >= 0.3 is 0 Å². The van der Waals surface area contributed by atoms with E-state index in [0.717, 1.165) is 0 Å². The van der Waals surface area contributed by atoms with Crippen LogP contribution in [0.15, 0.2) is 23.4 Å². The molecule has 6 heteroatoms. The van der Waals surface area contributed by atoms with Crippen LogP contribution in [-0.4, -0.2) is 29.5 Å². The molecule has 0 aliphatic heterocycles. The Hall–Kier alpha value is -2.11. The van der Waals surface area contributed by atoms with Crippen molar-refractivity contribution in [3.05, 3.63) is 29.6 Å². The highest BCUT2D eigenvalue weighted by Crippen LogP contribution is 2.22. The van der Waals surface area contributed by atoms with Crippen molar-refractivity contribution in [2.24, 2.45) is 11.1 Å². The van der Waals surface area contributed by atoms with E-state index in [1.54, 1.807) is 6.92 Å². The Bertz CT molecular complexity index is 530. The summed E-state index contributed by atoms with van der Waals surface area (Å²) in [6.45, 7) is 7.66. The molecule has 0 aliphatic carbocycles. The number of nitrogens with zero attached hydrogens (tertiary/aromatic N) is 1. The summed E-state index contributed by atoms with van der Waals surface area (Å²) in [6.07, 6.45) is -0.737. The normalized spacial score (nSPS) is 13.1. The fraction of sp³-hybridized carbons (Fsp3) is 0.467. The van der Waals surface area contributed by atoms with Gasteiger partial charge in [0.05, 0.1) is 5.71 Å². The van der Waals surface area contributed by atoms with Crippen LogP contribution >= 0.6 is 0 Å². The molecule has 5 nitrogen and oxygen atoms in total. The standard InChI is InChI=1S/C15H21FN2O3/c1-9(2)8-17-15(19)11(4)21-14-6-5-12(16)7-13(14)10(3)18-20/h5-7,9,11,20H,8H2,1-4H3,(H,17,19)/b18-10+. The predicted octanol–water partition coefficient (Wildman–Crippen LogP) is 2.56. The molecule has 2 N–H and O–H groups in total. The van der Waals surface area contributed by atoms with Crippen molar-refractivity contribution in [3.8, 4) is 5.75 Å². The molecule has 21 heavy (non-hydrogen) atoms. The molecule has 0 bridgehead atoms. The number of carbonyl (C=O) groups is 1. The third kappa shape index (κ3) is 5.06. The summed E-state index contributed by atoms with van der Waals surface area (Å²) in [5.41, 5.74) is 0.514. The summed E-state index contributed by atoms with van der Waals surface area (Å²) in [5, 5.41) is 14.6. The van der Waals surface area contributed by atoms with Gasteiger partial charge in [0.2, 0.25) is 0 Å². The Labute approximate surface area is 123 Å². The van der Waals surface area contributed by atoms with Crippen LogP contribution < -0.4 is 10.1 Å². The lowest BCUT2D eigenvalue weighted by molar-refractivity contribution is -0.127. The van der Waals surface area contributed by atoms with Crippen LogP contribution in [0.4, 0.5) is 4.39 Å². The number of hydrogen-bond donors (Lipinski definition) is 2. The number of rotatable bonds is 6. The van der Waals surface area contributed by atoms with Gasteiger partial charge in [0, 0.05) is 12.1 Å². The van der Waals surface area contributed by atoms with Crippen molar-refractivity contribution in [1.82, 2.24) is 5.32 Å². The first kappa shape index (κ1) is 16.9. The van der Waals surface area contributed by atoms with Crippen LogP contribution in [0.2, 0.25) is 0 Å². The maximum absolute atomic E-state index is 13.3. The molecule has 0 aromatic heterocycles. The van der Waals surface area contributed by atoms with E-state index >= 15 is 0 Å². The lowest BCUT2D eigenvalue weighted by atomic mass is 10.1. The zero-order chi connectivity index (χ0) is 16.0. The number of carbonyl (C=O) groups excluding carboxylic acids is 1. The Morgan fingerprint density at radius 2 is 2.10 bits per heavy atom. The van der Waals surface area contributed by atoms with Gasteiger partial charge in [-0.2, -0.15) is 0 Å². The number of halogens is 1. The van der Waals surface area contributed by atoms with Crippen molar-refractivity contribution in [2.75, 3.05) is 6.54 Å². The Balaban J connectivity index is 2.85. The molecule has 0 saturated heterocycles. The minimum absolute atomic E-state index is 0.208. The first-order chi connectivity index (χ1) is 9.85. The van der Waals surface area contributed by atoms with Crippen LogP contribution in [0, 0.1) is 11.7 Å². The molecule has 0 radical (unpaired) electrons. The number of oxime groups is 1. The molecule has 1 atom stereocenters. The van der Waals surface area contributed by atoms with Crippen molar-refractivity contribution < 1.29 is 19.1 Å². The molecular formula is C15H21FN2O3. The molecule has 1 aromatic rings. The summed E-state index contributed by atoms with van der Waals surface area (Å²) in [5.74, 6) is -0.0972. The molecule has 0 spiro atoms. The molecule has 0 aliphatic rings. The van der Waals surface area contributed by atoms with Gasteiger partial charge in [-0.05, 0) is 38.0 Å². The van der Waals surface area contributed by atoms with Gasteiger partial charge < -0.3 is 15.3 Å². The molecule has 1 unspecified atom stereocenters. The predicted molar refractivity (Wildman–Crippen MR) is 78.3 cm³/mol. The second kappa shape index (κ2) is 7.61. The molecule has 1 amide bonds. The number of amides is 1.